The van der Waals surface area contributed by atoms with Crippen LogP contribution < -0.4 is 15.4 Å². The molecule has 0 aliphatic rings. The number of aliphatic hydroxyl groups excluding tert-OH is 1. The van der Waals surface area contributed by atoms with Gasteiger partial charge in [-0.15, -0.1) is 0 Å². The molecule has 1 aromatic rings. The number of methoxy groups -OCH3 is 1. The average Bonchev–Trinajstić information content (AvgIpc) is 2.54. The molecule has 23 heavy (non-hydrogen) atoms. The van der Waals surface area contributed by atoms with Crippen LogP contribution in [-0.4, -0.2) is 55.3 Å². The van der Waals surface area contributed by atoms with E-state index >= 15 is 0 Å². The van der Waals surface area contributed by atoms with E-state index in [0.29, 0.717) is 0 Å². The predicted molar refractivity (Wildman–Crippen MR) is 79.2 cm³/mol. The number of benzene rings is 1. The highest BCUT2D eigenvalue weighted by molar-refractivity contribution is 6.39. The number of nitrogens with one attached hydrogen (secondary N) is 2. The van der Waals surface area contributed by atoms with Gasteiger partial charge in [0.2, 0.25) is 0 Å². The Bertz CT molecular complexity index is 577. The first-order valence-electron chi connectivity index (χ1n) is 6.59. The van der Waals surface area contributed by atoms with Crippen molar-refractivity contribution in [2.45, 2.75) is 0 Å². The van der Waals surface area contributed by atoms with Crippen LogP contribution in [0.2, 0.25) is 0 Å². The first kappa shape index (κ1) is 18.3. The number of hydrogen-bond acceptors (Lipinski definition) is 7. The van der Waals surface area contributed by atoms with Gasteiger partial charge in [-0.25, -0.2) is 0 Å². The van der Waals surface area contributed by atoms with E-state index in [0.717, 1.165) is 6.07 Å². The molecule has 126 valence electrons. The second-order valence-corrected chi connectivity index (χ2v) is 4.19. The van der Waals surface area contributed by atoms with Crippen LogP contribution in [0.3, 0.4) is 0 Å². The average molecular weight is 327 g/mol. The lowest BCUT2D eigenvalue weighted by molar-refractivity contribution is -0.384. The molecular formula is C13H17N3O7. The quantitative estimate of drug-likeness (QED) is 0.257. The van der Waals surface area contributed by atoms with Crippen LogP contribution in [0.15, 0.2) is 18.2 Å². The summed E-state index contributed by atoms with van der Waals surface area (Å²) in [6.07, 6.45) is 0. The summed E-state index contributed by atoms with van der Waals surface area (Å²) in [5.74, 6) is -1.77. The third-order valence-corrected chi connectivity index (χ3v) is 2.62. The van der Waals surface area contributed by atoms with E-state index in [4.69, 9.17) is 14.6 Å². The smallest absolute Gasteiger partial charge is 0.313 e. The molecule has 0 heterocycles. The van der Waals surface area contributed by atoms with Crippen molar-refractivity contribution >= 4 is 23.2 Å². The molecule has 0 aliphatic carbocycles. The topological polar surface area (TPSA) is 140 Å². The van der Waals surface area contributed by atoms with Gasteiger partial charge in [0.05, 0.1) is 43.6 Å². The summed E-state index contributed by atoms with van der Waals surface area (Å²) in [6, 6.07) is 3.58. The van der Waals surface area contributed by atoms with Gasteiger partial charge in [-0.05, 0) is 6.07 Å². The van der Waals surface area contributed by atoms with E-state index in [-0.39, 0.29) is 43.5 Å². The number of amides is 2. The number of anilines is 1. The molecule has 0 aromatic heterocycles. The second-order valence-electron chi connectivity index (χ2n) is 4.19. The Kier molecular flexibility index (Phi) is 7.43. The van der Waals surface area contributed by atoms with Crippen molar-refractivity contribution in [1.29, 1.82) is 0 Å². The predicted octanol–water partition coefficient (Wildman–Crippen LogP) is -0.333. The van der Waals surface area contributed by atoms with Crippen LogP contribution in [0.25, 0.3) is 0 Å². The summed E-state index contributed by atoms with van der Waals surface area (Å²) in [4.78, 5) is 33.4. The molecule has 0 radical (unpaired) electrons. The molecule has 0 aliphatic heterocycles. The van der Waals surface area contributed by atoms with Gasteiger partial charge in [0.25, 0.3) is 5.69 Å². The molecule has 0 atom stereocenters. The Morgan fingerprint density at radius 1 is 1.30 bits per heavy atom. The molecule has 3 N–H and O–H groups in total. The minimum atomic E-state index is -0.945. The fourth-order valence-corrected chi connectivity index (χ4v) is 1.56. The third-order valence-electron chi connectivity index (χ3n) is 2.62. The van der Waals surface area contributed by atoms with Crippen LogP contribution in [0.1, 0.15) is 0 Å². The lowest BCUT2D eigenvalue weighted by Gasteiger charge is -2.10. The summed E-state index contributed by atoms with van der Waals surface area (Å²) in [5, 5.41) is 23.8. The molecule has 2 amide bonds. The third kappa shape index (κ3) is 5.88. The fraction of sp³-hybridized carbons (Fsp3) is 0.385. The number of carbonyl (C=O) groups excluding carboxylic acids is 2. The van der Waals surface area contributed by atoms with E-state index in [1.165, 1.54) is 19.2 Å². The molecule has 10 heteroatoms. The van der Waals surface area contributed by atoms with Crippen molar-refractivity contribution < 1.29 is 29.1 Å². The summed E-state index contributed by atoms with van der Waals surface area (Å²) >= 11 is 0. The van der Waals surface area contributed by atoms with Crippen molar-refractivity contribution in [2.75, 3.05) is 38.8 Å². The van der Waals surface area contributed by atoms with Gasteiger partial charge < -0.3 is 25.2 Å². The van der Waals surface area contributed by atoms with Crippen LogP contribution in [0.4, 0.5) is 11.4 Å². The zero-order valence-electron chi connectivity index (χ0n) is 12.4. The standard InChI is InChI=1S/C13H17N3O7/c1-22-11-8-9(16(20)21)2-3-10(11)15-13(19)12(18)14-4-6-23-7-5-17/h2-3,8,17H,4-7H2,1H3,(H,14,18)(H,15,19). The number of nitrogens with zero attached hydrogens (tertiary/aromatic N) is 1. The molecule has 1 aromatic carbocycles. The molecule has 0 bridgehead atoms. The maximum atomic E-state index is 11.7. The molecule has 0 unspecified atom stereocenters. The van der Waals surface area contributed by atoms with Crippen molar-refractivity contribution in [2.24, 2.45) is 0 Å². The van der Waals surface area contributed by atoms with E-state index in [1.807, 2.05) is 0 Å². The fourth-order valence-electron chi connectivity index (χ4n) is 1.56. The van der Waals surface area contributed by atoms with Crippen LogP contribution in [0, 0.1) is 10.1 Å². The highest BCUT2D eigenvalue weighted by Crippen LogP contribution is 2.28. The van der Waals surface area contributed by atoms with Gasteiger partial charge in [-0.1, -0.05) is 0 Å². The maximum Gasteiger partial charge on any atom is 0.313 e. The van der Waals surface area contributed by atoms with Crippen LogP contribution in [0.5, 0.6) is 5.75 Å². The second kappa shape index (κ2) is 9.33. The van der Waals surface area contributed by atoms with E-state index in [1.54, 1.807) is 0 Å². The normalized spacial score (nSPS) is 10.0. The number of ether oxygens (including phenoxy) is 2. The number of non-ortho nitro benzene ring substituents is 1. The van der Waals surface area contributed by atoms with Crippen molar-refractivity contribution in [1.82, 2.24) is 5.32 Å². The summed E-state index contributed by atoms with van der Waals surface area (Å²) in [5.41, 5.74) is -0.0693. The van der Waals surface area contributed by atoms with Gasteiger partial charge >= 0.3 is 11.8 Å². The first-order chi connectivity index (χ1) is 11.0. The molecule has 0 saturated carbocycles. The maximum absolute atomic E-state index is 11.7. The summed E-state index contributed by atoms with van der Waals surface area (Å²) < 4.78 is 9.87. The lowest BCUT2D eigenvalue weighted by atomic mass is 10.2. The highest BCUT2D eigenvalue weighted by atomic mass is 16.6. The first-order valence-corrected chi connectivity index (χ1v) is 6.59. The van der Waals surface area contributed by atoms with Gasteiger partial charge in [0.1, 0.15) is 5.75 Å². The number of carbonyl (C=O) groups is 2. The van der Waals surface area contributed by atoms with Gasteiger partial charge in [-0.2, -0.15) is 0 Å². The number of aliphatic hydroxyl groups is 1. The van der Waals surface area contributed by atoms with E-state index < -0.39 is 16.7 Å². The monoisotopic (exact) mass is 327 g/mol. The van der Waals surface area contributed by atoms with Gasteiger partial charge in [-0.3, -0.25) is 19.7 Å². The Labute approximate surface area is 131 Å². The SMILES string of the molecule is COc1cc([N+](=O)[O-])ccc1NC(=O)C(=O)NCCOCCO. The minimum absolute atomic E-state index is 0.0617. The van der Waals surface area contributed by atoms with E-state index in [9.17, 15) is 19.7 Å². The van der Waals surface area contributed by atoms with Gasteiger partial charge in [0.15, 0.2) is 0 Å². The molecule has 10 nitrogen and oxygen atoms in total. The number of rotatable bonds is 8. The molecule has 1 rings (SSSR count). The molecule has 0 spiro atoms. The van der Waals surface area contributed by atoms with Crippen molar-refractivity contribution in [3.05, 3.63) is 28.3 Å². The zero-order chi connectivity index (χ0) is 17.2. The number of hydrogen-bond donors (Lipinski definition) is 3. The Hall–Kier alpha value is -2.72. The summed E-state index contributed by atoms with van der Waals surface area (Å²) in [7, 11) is 1.29. The zero-order valence-corrected chi connectivity index (χ0v) is 12.4. The van der Waals surface area contributed by atoms with Crippen LogP contribution in [-0.2, 0) is 14.3 Å². The van der Waals surface area contributed by atoms with E-state index in [2.05, 4.69) is 10.6 Å². The minimum Gasteiger partial charge on any atom is -0.494 e. The number of nitro benzene ring substituents is 1. The highest BCUT2D eigenvalue weighted by Gasteiger charge is 2.17. The largest absolute Gasteiger partial charge is 0.494 e. The lowest BCUT2D eigenvalue weighted by Crippen LogP contribution is -2.37. The number of nitro groups is 1. The van der Waals surface area contributed by atoms with Gasteiger partial charge in [0, 0.05) is 12.6 Å². The Balaban J connectivity index is 2.59. The molecular weight excluding hydrogens is 310 g/mol. The van der Waals surface area contributed by atoms with Crippen molar-refractivity contribution in [3.63, 3.8) is 0 Å². The van der Waals surface area contributed by atoms with Crippen LogP contribution >= 0.6 is 0 Å². The van der Waals surface area contributed by atoms with Crippen molar-refractivity contribution in [3.8, 4) is 5.75 Å². The molecule has 0 saturated heterocycles. The summed E-state index contributed by atoms with van der Waals surface area (Å²) in [6.45, 7) is 0.264. The Morgan fingerprint density at radius 2 is 2.04 bits per heavy atom. The molecule has 0 fully saturated rings. The Morgan fingerprint density at radius 3 is 2.65 bits per heavy atom.